The van der Waals surface area contributed by atoms with E-state index in [-0.39, 0.29) is 29.6 Å². The summed E-state index contributed by atoms with van der Waals surface area (Å²) in [5.74, 6) is 1.72. The summed E-state index contributed by atoms with van der Waals surface area (Å²) in [5, 5.41) is 4.40. The predicted octanol–water partition coefficient (Wildman–Crippen LogP) is 6.01. The first-order valence-electron chi connectivity index (χ1n) is 14.2. The maximum Gasteiger partial charge on any atom is 0.410 e. The minimum atomic E-state index is -0.573. The van der Waals surface area contributed by atoms with Crippen LogP contribution in [0.15, 0.2) is 34.9 Å². The van der Waals surface area contributed by atoms with Crippen molar-refractivity contribution in [3.63, 3.8) is 0 Å². The number of ether oxygens (including phenoxy) is 2. The van der Waals surface area contributed by atoms with Crippen LogP contribution in [0.3, 0.4) is 0 Å². The lowest BCUT2D eigenvalue weighted by molar-refractivity contribution is 0.0192. The fourth-order valence-electron chi connectivity index (χ4n) is 5.40. The van der Waals surface area contributed by atoms with Crippen LogP contribution in [0.25, 0.3) is 0 Å². The van der Waals surface area contributed by atoms with Crippen molar-refractivity contribution in [3.05, 3.63) is 47.6 Å². The van der Waals surface area contributed by atoms with Gasteiger partial charge in [0, 0.05) is 37.5 Å². The lowest BCUT2D eigenvalue weighted by Crippen LogP contribution is -2.43. The first kappa shape index (κ1) is 27.5. The average molecular weight is 539 g/mol. The third kappa shape index (κ3) is 6.56. The number of nitrogens with zero attached hydrogens (tertiary/aromatic N) is 4. The van der Waals surface area contributed by atoms with Crippen LogP contribution in [-0.4, -0.2) is 69.0 Å². The lowest BCUT2D eigenvalue weighted by Gasteiger charge is -2.32. The summed E-state index contributed by atoms with van der Waals surface area (Å²) in [7, 11) is 0. The molecule has 0 N–H and O–H groups in total. The Morgan fingerprint density at radius 2 is 1.67 bits per heavy atom. The quantitative estimate of drug-likeness (QED) is 0.444. The van der Waals surface area contributed by atoms with Crippen LogP contribution in [0.1, 0.15) is 103 Å². The highest BCUT2D eigenvalue weighted by molar-refractivity contribution is 5.70. The number of hydrogen-bond acceptors (Lipinski definition) is 7. The molecular formula is C30H42N4O5. The van der Waals surface area contributed by atoms with E-state index in [4.69, 9.17) is 19.0 Å². The molecule has 1 aromatic heterocycles. The number of carbonyl (C=O) groups excluding carboxylic acids is 2. The maximum atomic E-state index is 13.4. The first-order valence-corrected chi connectivity index (χ1v) is 14.2. The van der Waals surface area contributed by atoms with E-state index in [9.17, 15) is 9.59 Å². The van der Waals surface area contributed by atoms with Gasteiger partial charge in [0.2, 0.25) is 5.89 Å². The Labute approximate surface area is 231 Å². The van der Waals surface area contributed by atoms with Crippen LogP contribution in [0.5, 0.6) is 0 Å². The Bertz CT molecular complexity index is 1170. The molecule has 2 amide bonds. The standard InChI is InChI=1S/C30H42N4O5/c1-28(2,3)37-26(35)33-16-12-21(13-17-33)24-31-25(32-39-24)30(14-15-30)19-34(27(36)38-29(4,5)6)23-18-22(23)20-10-8-7-9-11-20/h7-11,21-23H,12-19H2,1-6H3/t22-,23?/m0/s1. The molecule has 3 aliphatic rings. The van der Waals surface area contributed by atoms with Crippen molar-refractivity contribution in [1.29, 1.82) is 0 Å². The van der Waals surface area contributed by atoms with E-state index < -0.39 is 11.2 Å². The second-order valence-electron chi connectivity index (χ2n) is 13.4. The SMILES string of the molecule is CC(C)(C)OC(=O)N1CCC(c2nc(C3(CN(C(=O)OC(C)(C)C)C4C[C@H]4c4ccccc4)CC3)no2)CC1. The molecule has 1 unspecified atom stereocenters. The van der Waals surface area contributed by atoms with Crippen molar-refractivity contribution in [2.45, 2.75) is 108 Å². The molecular weight excluding hydrogens is 496 g/mol. The van der Waals surface area contributed by atoms with Gasteiger partial charge >= 0.3 is 12.2 Å². The van der Waals surface area contributed by atoms with Crippen LogP contribution in [-0.2, 0) is 14.9 Å². The van der Waals surface area contributed by atoms with Gasteiger partial charge in [0.05, 0.1) is 5.41 Å². The molecule has 3 fully saturated rings. The third-order valence-corrected chi connectivity index (χ3v) is 7.75. The zero-order valence-corrected chi connectivity index (χ0v) is 24.1. The topological polar surface area (TPSA) is 98.0 Å². The zero-order valence-electron chi connectivity index (χ0n) is 24.1. The van der Waals surface area contributed by atoms with Gasteiger partial charge in [-0.3, -0.25) is 0 Å². The van der Waals surface area contributed by atoms with E-state index >= 15 is 0 Å². The molecule has 0 spiro atoms. The van der Waals surface area contributed by atoms with Crippen LogP contribution < -0.4 is 0 Å². The second-order valence-corrected chi connectivity index (χ2v) is 13.4. The fourth-order valence-corrected chi connectivity index (χ4v) is 5.40. The highest BCUT2D eigenvalue weighted by Crippen LogP contribution is 2.52. The maximum absolute atomic E-state index is 13.4. The third-order valence-electron chi connectivity index (χ3n) is 7.75. The summed E-state index contributed by atoms with van der Waals surface area (Å²) in [6.07, 6.45) is 3.68. The zero-order chi connectivity index (χ0) is 28.0. The minimum Gasteiger partial charge on any atom is -0.444 e. The van der Waals surface area contributed by atoms with Gasteiger partial charge in [-0.05, 0) is 79.2 Å². The van der Waals surface area contributed by atoms with Crippen molar-refractivity contribution >= 4 is 12.2 Å². The first-order chi connectivity index (χ1) is 18.3. The molecule has 0 bridgehead atoms. The summed E-state index contributed by atoms with van der Waals surface area (Å²) in [5.41, 5.74) is -0.139. The molecule has 2 saturated carbocycles. The Kier molecular flexibility index (Phi) is 7.14. The molecule has 5 rings (SSSR count). The van der Waals surface area contributed by atoms with Crippen molar-refractivity contribution in [2.24, 2.45) is 0 Å². The predicted molar refractivity (Wildman–Crippen MR) is 146 cm³/mol. The normalized spacial score (nSPS) is 22.8. The van der Waals surface area contributed by atoms with E-state index in [1.807, 2.05) is 64.6 Å². The Balaban J connectivity index is 1.25. The fraction of sp³-hybridized carbons (Fsp3) is 0.667. The molecule has 39 heavy (non-hydrogen) atoms. The molecule has 1 aliphatic heterocycles. The minimum absolute atomic E-state index is 0.100. The van der Waals surface area contributed by atoms with Gasteiger partial charge in [0.15, 0.2) is 5.82 Å². The molecule has 212 valence electrons. The van der Waals surface area contributed by atoms with Gasteiger partial charge in [-0.1, -0.05) is 35.5 Å². The van der Waals surface area contributed by atoms with E-state index in [1.54, 1.807) is 4.90 Å². The summed E-state index contributed by atoms with van der Waals surface area (Å²) in [6.45, 7) is 13.0. The van der Waals surface area contributed by atoms with Gasteiger partial charge in [0.25, 0.3) is 0 Å². The highest BCUT2D eigenvalue weighted by atomic mass is 16.6. The number of amides is 2. The van der Waals surface area contributed by atoms with Gasteiger partial charge in [-0.2, -0.15) is 4.98 Å². The largest absolute Gasteiger partial charge is 0.444 e. The number of benzene rings is 1. The number of rotatable bonds is 6. The van der Waals surface area contributed by atoms with E-state index in [0.717, 1.165) is 32.1 Å². The molecule has 2 heterocycles. The highest BCUT2D eigenvalue weighted by Gasteiger charge is 2.55. The van der Waals surface area contributed by atoms with E-state index in [0.29, 0.717) is 37.3 Å². The van der Waals surface area contributed by atoms with Crippen molar-refractivity contribution in [3.8, 4) is 0 Å². The summed E-state index contributed by atoms with van der Waals surface area (Å²) >= 11 is 0. The summed E-state index contributed by atoms with van der Waals surface area (Å²) < 4.78 is 17.1. The second kappa shape index (κ2) is 10.1. The van der Waals surface area contributed by atoms with Gasteiger partial charge < -0.3 is 23.8 Å². The van der Waals surface area contributed by atoms with Crippen LogP contribution in [0.2, 0.25) is 0 Å². The number of likely N-dealkylation sites (tertiary alicyclic amines) is 1. The number of piperidine rings is 1. The van der Waals surface area contributed by atoms with E-state index in [2.05, 4.69) is 17.3 Å². The molecule has 1 aromatic carbocycles. The van der Waals surface area contributed by atoms with Gasteiger partial charge in [-0.25, -0.2) is 9.59 Å². The van der Waals surface area contributed by atoms with Crippen LogP contribution in [0, 0.1) is 0 Å². The van der Waals surface area contributed by atoms with Crippen LogP contribution in [0.4, 0.5) is 9.59 Å². The molecule has 1 saturated heterocycles. The Hall–Kier alpha value is -3.10. The molecule has 9 heteroatoms. The summed E-state index contributed by atoms with van der Waals surface area (Å²) in [4.78, 5) is 34.3. The molecule has 2 aliphatic carbocycles. The average Bonchev–Trinajstić information content (AvgIpc) is 3.77. The molecule has 2 aromatic rings. The van der Waals surface area contributed by atoms with Crippen LogP contribution >= 0.6 is 0 Å². The van der Waals surface area contributed by atoms with Crippen molar-refractivity contribution in [1.82, 2.24) is 19.9 Å². The Morgan fingerprint density at radius 3 is 2.26 bits per heavy atom. The monoisotopic (exact) mass is 538 g/mol. The number of hydrogen-bond donors (Lipinski definition) is 0. The van der Waals surface area contributed by atoms with Crippen molar-refractivity contribution < 1.29 is 23.6 Å². The van der Waals surface area contributed by atoms with E-state index in [1.165, 1.54) is 5.56 Å². The number of carbonyl (C=O) groups is 2. The van der Waals surface area contributed by atoms with Gasteiger partial charge in [-0.15, -0.1) is 0 Å². The molecule has 2 atom stereocenters. The number of aromatic nitrogens is 2. The van der Waals surface area contributed by atoms with Gasteiger partial charge in [0.1, 0.15) is 11.2 Å². The lowest BCUT2D eigenvalue weighted by atomic mass is 9.97. The molecule has 0 radical (unpaired) electrons. The smallest absolute Gasteiger partial charge is 0.410 e. The summed E-state index contributed by atoms with van der Waals surface area (Å²) in [6, 6.07) is 10.5. The van der Waals surface area contributed by atoms with Crippen molar-refractivity contribution in [2.75, 3.05) is 19.6 Å². The molecule has 9 nitrogen and oxygen atoms in total. The Morgan fingerprint density at radius 1 is 1.03 bits per heavy atom.